The highest BCUT2D eigenvalue weighted by Gasteiger charge is 2.28. The van der Waals surface area contributed by atoms with Gasteiger partial charge in [-0.2, -0.15) is 17.5 Å². The van der Waals surface area contributed by atoms with Crippen LogP contribution >= 0.6 is 11.8 Å². The molecule has 1 aliphatic rings. The fraction of sp³-hybridized carbons (Fsp3) is 0.533. The van der Waals surface area contributed by atoms with E-state index in [0.29, 0.717) is 22.3 Å². The normalized spacial score (nSPS) is 16.5. The summed E-state index contributed by atoms with van der Waals surface area (Å²) in [4.78, 5) is 14.2. The number of nitrogens with zero attached hydrogens (tertiary/aromatic N) is 2. The Hall–Kier alpha value is -1.46. The van der Waals surface area contributed by atoms with Crippen molar-refractivity contribution in [3.05, 3.63) is 24.3 Å². The number of anilines is 1. The van der Waals surface area contributed by atoms with E-state index < -0.39 is 22.0 Å². The van der Waals surface area contributed by atoms with Crippen LogP contribution in [0.3, 0.4) is 0 Å². The van der Waals surface area contributed by atoms with Gasteiger partial charge in [-0.3, -0.25) is 4.79 Å². The number of carbonyl (C=O) groups excluding carboxylic acids is 1. The molecule has 26 heavy (non-hydrogen) atoms. The van der Waals surface area contributed by atoms with Crippen LogP contribution in [0, 0.1) is 0 Å². The average Bonchev–Trinajstić information content (AvgIpc) is 2.57. The molecule has 146 valence electrons. The Morgan fingerprint density at radius 2 is 1.81 bits per heavy atom. The molecular weight excluding hydrogens is 391 g/mol. The monoisotopic (exact) mass is 411 g/mol. The molecule has 0 bridgehead atoms. The van der Waals surface area contributed by atoms with Crippen LogP contribution < -0.4 is 5.32 Å². The van der Waals surface area contributed by atoms with Gasteiger partial charge in [-0.25, -0.2) is 8.42 Å². The van der Waals surface area contributed by atoms with Crippen LogP contribution in [0.25, 0.3) is 0 Å². The number of amides is 1. The predicted octanol–water partition coefficient (Wildman–Crippen LogP) is 1.86. The third kappa shape index (κ3) is 6.36. The molecule has 0 unspecified atom stereocenters. The Kier molecular flexibility index (Phi) is 6.80. The number of benzene rings is 1. The number of nitrogens with one attached hydrogen (secondary N) is 1. The van der Waals surface area contributed by atoms with Gasteiger partial charge in [-0.05, 0) is 12.1 Å². The molecule has 1 amide bonds. The number of rotatable bonds is 6. The van der Waals surface area contributed by atoms with Gasteiger partial charge in [0.25, 0.3) is 0 Å². The summed E-state index contributed by atoms with van der Waals surface area (Å²) in [6, 6.07) is 6.49. The van der Waals surface area contributed by atoms with E-state index in [1.165, 1.54) is 4.31 Å². The average molecular weight is 411 g/mol. The molecule has 1 aliphatic heterocycles. The van der Waals surface area contributed by atoms with Crippen LogP contribution in [0.1, 0.15) is 0 Å². The maximum atomic E-state index is 12.4. The quantitative estimate of drug-likeness (QED) is 0.724. The van der Waals surface area contributed by atoms with E-state index in [4.69, 9.17) is 0 Å². The minimum Gasteiger partial charge on any atom is -0.375 e. The SMILES string of the molecule is CS(=O)(=O)N1CCN(C(=O)CNc2ccccc2SCC(F)(F)F)CC1. The molecule has 1 N–H and O–H groups in total. The Balaban J connectivity index is 1.88. The van der Waals surface area contributed by atoms with E-state index in [1.807, 2.05) is 0 Å². The standard InChI is InChI=1S/C15H20F3N3O3S2/c1-26(23,24)21-8-6-20(7-9-21)14(22)10-19-12-4-2-3-5-13(12)25-11-15(16,17)18/h2-5,19H,6-11H2,1H3. The molecule has 0 aromatic heterocycles. The first kappa shape index (κ1) is 20.8. The highest BCUT2D eigenvalue weighted by Crippen LogP contribution is 2.32. The summed E-state index contributed by atoms with van der Waals surface area (Å²) in [6.45, 7) is 0.990. The van der Waals surface area contributed by atoms with Crippen molar-refractivity contribution in [2.24, 2.45) is 0 Å². The predicted molar refractivity (Wildman–Crippen MR) is 94.7 cm³/mol. The third-order valence-corrected chi connectivity index (χ3v) is 6.21. The summed E-state index contributed by atoms with van der Waals surface area (Å²) in [5.74, 6) is -1.23. The topological polar surface area (TPSA) is 69.7 Å². The van der Waals surface area contributed by atoms with Gasteiger partial charge >= 0.3 is 6.18 Å². The van der Waals surface area contributed by atoms with Crippen molar-refractivity contribution in [3.8, 4) is 0 Å². The van der Waals surface area contributed by atoms with Crippen LogP contribution in [0.2, 0.25) is 0 Å². The molecule has 1 saturated heterocycles. The summed E-state index contributed by atoms with van der Waals surface area (Å²) in [5.41, 5.74) is 0.463. The van der Waals surface area contributed by atoms with Crippen LogP contribution in [0.15, 0.2) is 29.2 Å². The zero-order valence-electron chi connectivity index (χ0n) is 14.1. The molecule has 0 saturated carbocycles. The molecule has 1 aromatic rings. The number of hydrogen-bond acceptors (Lipinski definition) is 5. The second kappa shape index (κ2) is 8.49. The lowest BCUT2D eigenvalue weighted by Gasteiger charge is -2.33. The number of para-hydroxylation sites is 1. The molecule has 1 fully saturated rings. The van der Waals surface area contributed by atoms with Gasteiger partial charge < -0.3 is 10.2 Å². The summed E-state index contributed by atoms with van der Waals surface area (Å²) in [5, 5.41) is 2.88. The highest BCUT2D eigenvalue weighted by molar-refractivity contribution is 7.99. The first-order valence-corrected chi connectivity index (χ1v) is 10.6. The molecule has 0 atom stereocenters. The first-order chi connectivity index (χ1) is 12.1. The Morgan fingerprint density at radius 3 is 2.38 bits per heavy atom. The second-order valence-electron chi connectivity index (χ2n) is 5.80. The lowest BCUT2D eigenvalue weighted by Crippen LogP contribution is -2.51. The number of halogens is 3. The second-order valence-corrected chi connectivity index (χ2v) is 8.80. The molecule has 11 heteroatoms. The van der Waals surface area contributed by atoms with Crippen LogP contribution in [-0.4, -0.2) is 74.4 Å². The number of piperazine rings is 1. The number of sulfonamides is 1. The number of thioether (sulfide) groups is 1. The molecule has 0 aliphatic carbocycles. The fourth-order valence-corrected chi connectivity index (χ4v) is 4.07. The summed E-state index contributed by atoms with van der Waals surface area (Å²) >= 11 is 0.658. The number of carbonyl (C=O) groups is 1. The van der Waals surface area contributed by atoms with Gasteiger partial charge in [0.15, 0.2) is 0 Å². The minimum absolute atomic E-state index is 0.0670. The largest absolute Gasteiger partial charge is 0.398 e. The fourth-order valence-electron chi connectivity index (χ4n) is 2.45. The van der Waals surface area contributed by atoms with Crippen LogP contribution in [0.5, 0.6) is 0 Å². The molecule has 0 spiro atoms. The smallest absolute Gasteiger partial charge is 0.375 e. The summed E-state index contributed by atoms with van der Waals surface area (Å²) in [6.07, 6.45) is -3.14. The molecule has 0 radical (unpaired) electrons. The van der Waals surface area contributed by atoms with Gasteiger partial charge in [0.2, 0.25) is 15.9 Å². The van der Waals surface area contributed by atoms with Crippen molar-refractivity contribution < 1.29 is 26.4 Å². The lowest BCUT2D eigenvalue weighted by atomic mass is 10.3. The van der Waals surface area contributed by atoms with Crippen LogP contribution in [0.4, 0.5) is 18.9 Å². The van der Waals surface area contributed by atoms with Gasteiger partial charge in [0.05, 0.1) is 18.6 Å². The Morgan fingerprint density at radius 1 is 1.19 bits per heavy atom. The van der Waals surface area contributed by atoms with Gasteiger partial charge in [-0.15, -0.1) is 11.8 Å². The van der Waals surface area contributed by atoms with Crippen LogP contribution in [-0.2, 0) is 14.8 Å². The molecule has 6 nitrogen and oxygen atoms in total. The van der Waals surface area contributed by atoms with Crippen molar-refractivity contribution in [2.75, 3.05) is 50.0 Å². The van der Waals surface area contributed by atoms with E-state index >= 15 is 0 Å². The molecule has 1 heterocycles. The third-order valence-electron chi connectivity index (χ3n) is 3.77. The molecule has 2 rings (SSSR count). The van der Waals surface area contributed by atoms with E-state index in [1.54, 1.807) is 29.2 Å². The van der Waals surface area contributed by atoms with Gasteiger partial charge in [-0.1, -0.05) is 12.1 Å². The zero-order valence-corrected chi connectivity index (χ0v) is 15.8. The number of alkyl halides is 3. The number of hydrogen-bond donors (Lipinski definition) is 1. The van der Waals surface area contributed by atoms with Crippen molar-refractivity contribution in [2.45, 2.75) is 11.1 Å². The minimum atomic E-state index is -4.27. The van der Waals surface area contributed by atoms with Gasteiger partial charge in [0, 0.05) is 36.8 Å². The lowest BCUT2D eigenvalue weighted by molar-refractivity contribution is -0.130. The van der Waals surface area contributed by atoms with Crippen molar-refractivity contribution in [3.63, 3.8) is 0 Å². The summed E-state index contributed by atoms with van der Waals surface area (Å²) < 4.78 is 61.4. The maximum Gasteiger partial charge on any atom is 0.398 e. The van der Waals surface area contributed by atoms with Gasteiger partial charge in [0.1, 0.15) is 0 Å². The van der Waals surface area contributed by atoms with Crippen molar-refractivity contribution >= 4 is 33.4 Å². The van der Waals surface area contributed by atoms with E-state index in [9.17, 15) is 26.4 Å². The molecular formula is C15H20F3N3O3S2. The first-order valence-electron chi connectivity index (χ1n) is 7.81. The Labute approximate surface area is 154 Å². The molecule has 1 aromatic carbocycles. The Bertz CT molecular complexity index is 733. The van der Waals surface area contributed by atoms with E-state index in [0.717, 1.165) is 6.26 Å². The van der Waals surface area contributed by atoms with Crippen molar-refractivity contribution in [1.29, 1.82) is 0 Å². The summed E-state index contributed by atoms with van der Waals surface area (Å²) in [7, 11) is -3.27. The zero-order chi connectivity index (χ0) is 19.4. The maximum absolute atomic E-state index is 12.4. The highest BCUT2D eigenvalue weighted by atomic mass is 32.2. The van der Waals surface area contributed by atoms with E-state index in [2.05, 4.69) is 5.32 Å². The van der Waals surface area contributed by atoms with Crippen molar-refractivity contribution in [1.82, 2.24) is 9.21 Å². The van der Waals surface area contributed by atoms with E-state index in [-0.39, 0.29) is 38.6 Å².